The smallest absolute Gasteiger partial charge is 0.265 e. The molecule has 1 heterocycles. The highest BCUT2D eigenvalue weighted by Crippen LogP contribution is 2.33. The molecule has 1 aromatic rings. The Kier molecular flexibility index (Phi) is 4.02. The van der Waals surface area contributed by atoms with Gasteiger partial charge >= 0.3 is 0 Å². The maximum Gasteiger partial charge on any atom is 0.265 e. The van der Waals surface area contributed by atoms with Gasteiger partial charge in [0, 0.05) is 25.7 Å². The fourth-order valence-corrected chi connectivity index (χ4v) is 2.34. The predicted molar refractivity (Wildman–Crippen MR) is 83.6 cm³/mol. The molecule has 0 unspecified atom stereocenters. The SMILES string of the molecule is CN1C(=O)C(=Cc2cc(Br)c(O)cc2O)C(=O)N(C)C1=S. The van der Waals surface area contributed by atoms with Crippen molar-refractivity contribution < 1.29 is 19.8 Å². The molecule has 0 atom stereocenters. The molecular formula is C13H11BrN2O4S. The summed E-state index contributed by atoms with van der Waals surface area (Å²) in [7, 11) is 2.93. The van der Waals surface area contributed by atoms with E-state index in [9.17, 15) is 19.8 Å². The van der Waals surface area contributed by atoms with E-state index in [0.717, 1.165) is 6.07 Å². The summed E-state index contributed by atoms with van der Waals surface area (Å²) in [5, 5.41) is 19.4. The first-order chi connectivity index (χ1) is 9.73. The first kappa shape index (κ1) is 15.5. The largest absolute Gasteiger partial charge is 0.507 e. The van der Waals surface area contributed by atoms with Crippen LogP contribution in [0.3, 0.4) is 0 Å². The van der Waals surface area contributed by atoms with Gasteiger partial charge in [-0.05, 0) is 40.3 Å². The standard InChI is InChI=1S/C13H11BrN2O4S/c1-15-11(19)7(12(20)16(2)13(15)21)3-6-4-8(14)10(18)5-9(6)17/h3-5,17-18H,1-2H3. The molecule has 110 valence electrons. The topological polar surface area (TPSA) is 81.1 Å². The summed E-state index contributed by atoms with van der Waals surface area (Å²) in [6.07, 6.45) is 1.26. The van der Waals surface area contributed by atoms with Gasteiger partial charge < -0.3 is 10.2 Å². The predicted octanol–water partition coefficient (Wildman–Crippen LogP) is 1.46. The number of hydrogen-bond donors (Lipinski definition) is 2. The third-order valence-corrected chi connectivity index (χ3v) is 4.22. The molecule has 0 radical (unpaired) electrons. The highest BCUT2D eigenvalue weighted by atomic mass is 79.9. The number of amides is 2. The van der Waals surface area contributed by atoms with Crippen molar-refractivity contribution in [1.82, 2.24) is 9.80 Å². The van der Waals surface area contributed by atoms with Crippen molar-refractivity contribution in [1.29, 1.82) is 0 Å². The van der Waals surface area contributed by atoms with E-state index in [1.165, 1.54) is 36.0 Å². The summed E-state index contributed by atoms with van der Waals surface area (Å²) in [6, 6.07) is 2.53. The van der Waals surface area contributed by atoms with E-state index < -0.39 is 11.8 Å². The van der Waals surface area contributed by atoms with Gasteiger partial charge in [0.25, 0.3) is 11.8 Å². The van der Waals surface area contributed by atoms with Crippen molar-refractivity contribution in [3.63, 3.8) is 0 Å². The first-order valence-electron chi connectivity index (χ1n) is 5.77. The van der Waals surface area contributed by atoms with E-state index in [0.29, 0.717) is 4.47 Å². The quantitative estimate of drug-likeness (QED) is 0.444. The molecule has 1 saturated heterocycles. The van der Waals surface area contributed by atoms with Gasteiger partial charge in [-0.15, -0.1) is 0 Å². The number of halogens is 1. The highest BCUT2D eigenvalue weighted by Gasteiger charge is 2.35. The zero-order valence-electron chi connectivity index (χ0n) is 11.1. The van der Waals surface area contributed by atoms with Crippen LogP contribution in [0, 0.1) is 0 Å². The summed E-state index contributed by atoms with van der Waals surface area (Å²) in [4.78, 5) is 26.6. The number of rotatable bonds is 1. The van der Waals surface area contributed by atoms with Crippen molar-refractivity contribution in [2.45, 2.75) is 0 Å². The van der Waals surface area contributed by atoms with Crippen molar-refractivity contribution in [2.75, 3.05) is 14.1 Å². The lowest BCUT2D eigenvalue weighted by Crippen LogP contribution is -2.52. The molecule has 8 heteroatoms. The number of phenolic OH excluding ortho intramolecular Hbond substituents is 2. The lowest BCUT2D eigenvalue weighted by molar-refractivity contribution is -0.132. The molecule has 0 aromatic heterocycles. The molecule has 1 aliphatic heterocycles. The van der Waals surface area contributed by atoms with Gasteiger partial charge in [0.05, 0.1) is 4.47 Å². The van der Waals surface area contributed by atoms with Gasteiger partial charge in [-0.25, -0.2) is 0 Å². The van der Waals surface area contributed by atoms with Crippen LogP contribution in [-0.2, 0) is 9.59 Å². The normalized spacial score (nSPS) is 15.8. The monoisotopic (exact) mass is 370 g/mol. The second-order valence-corrected chi connectivity index (χ2v) is 5.65. The molecule has 2 N–H and O–H groups in total. The molecule has 2 rings (SSSR count). The Balaban J connectivity index is 2.54. The minimum absolute atomic E-state index is 0.109. The summed E-state index contributed by atoms with van der Waals surface area (Å²) in [5.41, 5.74) is 0.104. The second-order valence-electron chi connectivity index (χ2n) is 4.43. The van der Waals surface area contributed by atoms with Crippen molar-refractivity contribution >= 4 is 51.2 Å². The average molecular weight is 371 g/mol. The first-order valence-corrected chi connectivity index (χ1v) is 6.97. The summed E-state index contributed by atoms with van der Waals surface area (Å²) < 4.78 is 0.333. The Labute approximate surface area is 134 Å². The molecule has 1 aliphatic rings. The van der Waals surface area contributed by atoms with Crippen molar-refractivity contribution in [3.8, 4) is 11.5 Å². The van der Waals surface area contributed by atoms with E-state index in [-0.39, 0.29) is 27.7 Å². The van der Waals surface area contributed by atoms with Crippen LogP contribution in [0.15, 0.2) is 22.2 Å². The number of benzene rings is 1. The molecule has 2 amide bonds. The number of carbonyl (C=O) groups is 2. The summed E-state index contributed by atoms with van der Waals surface area (Å²) >= 11 is 8.09. The van der Waals surface area contributed by atoms with E-state index in [4.69, 9.17) is 12.2 Å². The average Bonchev–Trinajstić information content (AvgIpc) is 2.44. The van der Waals surface area contributed by atoms with Gasteiger partial charge in [-0.2, -0.15) is 0 Å². The maximum absolute atomic E-state index is 12.1. The lowest BCUT2D eigenvalue weighted by atomic mass is 10.1. The second kappa shape index (κ2) is 5.45. The fourth-order valence-electron chi connectivity index (χ4n) is 1.81. The van der Waals surface area contributed by atoms with E-state index in [1.807, 2.05) is 0 Å². The summed E-state index contributed by atoms with van der Waals surface area (Å²) in [6.45, 7) is 0. The molecule has 0 spiro atoms. The molecule has 0 aliphatic carbocycles. The van der Waals surface area contributed by atoms with Crippen LogP contribution in [0.5, 0.6) is 11.5 Å². The van der Waals surface area contributed by atoms with Gasteiger partial charge in [-0.1, -0.05) is 0 Å². The molecule has 0 saturated carbocycles. The molecule has 1 fully saturated rings. The fraction of sp³-hybridized carbons (Fsp3) is 0.154. The third kappa shape index (κ3) is 2.64. The van der Waals surface area contributed by atoms with Crippen LogP contribution >= 0.6 is 28.1 Å². The number of aromatic hydroxyl groups is 2. The van der Waals surface area contributed by atoms with Crippen LogP contribution in [0.1, 0.15) is 5.56 Å². The maximum atomic E-state index is 12.1. The number of carbonyl (C=O) groups excluding carboxylic acids is 2. The Hall–Kier alpha value is -1.93. The number of likely N-dealkylation sites (N-methyl/N-ethyl adjacent to an activating group) is 2. The zero-order valence-corrected chi connectivity index (χ0v) is 13.5. The van der Waals surface area contributed by atoms with Crippen LogP contribution < -0.4 is 0 Å². The van der Waals surface area contributed by atoms with E-state index in [1.54, 1.807) is 0 Å². The number of phenols is 2. The van der Waals surface area contributed by atoms with Crippen LogP contribution in [0.2, 0.25) is 0 Å². The molecule has 1 aromatic carbocycles. The Morgan fingerprint density at radius 2 is 1.62 bits per heavy atom. The van der Waals surface area contributed by atoms with Gasteiger partial charge in [0.2, 0.25) is 0 Å². The highest BCUT2D eigenvalue weighted by molar-refractivity contribution is 9.10. The lowest BCUT2D eigenvalue weighted by Gasteiger charge is -2.31. The molecule has 21 heavy (non-hydrogen) atoms. The molecule has 6 nitrogen and oxygen atoms in total. The van der Waals surface area contributed by atoms with Crippen LogP contribution in [0.4, 0.5) is 0 Å². The van der Waals surface area contributed by atoms with Gasteiger partial charge in [0.15, 0.2) is 5.11 Å². The van der Waals surface area contributed by atoms with E-state index >= 15 is 0 Å². The van der Waals surface area contributed by atoms with Crippen molar-refractivity contribution in [2.24, 2.45) is 0 Å². The van der Waals surface area contributed by atoms with Crippen molar-refractivity contribution in [3.05, 3.63) is 27.7 Å². The van der Waals surface area contributed by atoms with Crippen LogP contribution in [0.25, 0.3) is 6.08 Å². The number of hydrogen-bond acceptors (Lipinski definition) is 5. The van der Waals surface area contributed by atoms with Gasteiger partial charge in [0.1, 0.15) is 17.1 Å². The Morgan fingerprint density at radius 3 is 2.14 bits per heavy atom. The molecule has 0 bridgehead atoms. The van der Waals surface area contributed by atoms with Crippen LogP contribution in [-0.4, -0.2) is 51.0 Å². The molecular weight excluding hydrogens is 360 g/mol. The van der Waals surface area contributed by atoms with Gasteiger partial charge in [-0.3, -0.25) is 19.4 Å². The summed E-state index contributed by atoms with van der Waals surface area (Å²) in [5.74, 6) is -1.49. The minimum atomic E-state index is -0.549. The third-order valence-electron chi connectivity index (χ3n) is 3.04. The Morgan fingerprint density at radius 1 is 1.10 bits per heavy atom. The Bertz CT molecular complexity index is 676. The number of thiocarbonyl (C=S) groups is 1. The van der Waals surface area contributed by atoms with E-state index in [2.05, 4.69) is 15.9 Å². The number of nitrogens with zero attached hydrogens (tertiary/aromatic N) is 2. The zero-order chi connectivity index (χ0) is 15.9. The minimum Gasteiger partial charge on any atom is -0.507 e.